The minimum absolute atomic E-state index is 0.759. The minimum atomic E-state index is 0.759. The summed E-state index contributed by atoms with van der Waals surface area (Å²) < 4.78 is 0. The van der Waals surface area contributed by atoms with Crippen molar-refractivity contribution in [1.29, 1.82) is 0 Å². The lowest BCUT2D eigenvalue weighted by Crippen LogP contribution is -2.23. The van der Waals surface area contributed by atoms with E-state index in [1.807, 2.05) is 6.20 Å². The first-order valence-corrected chi connectivity index (χ1v) is 8.49. The Hall–Kier alpha value is -2.13. The van der Waals surface area contributed by atoms with Crippen LogP contribution in [-0.4, -0.2) is 28.2 Å². The molecule has 1 aromatic heterocycles. The number of aromatic nitrogens is 2. The van der Waals surface area contributed by atoms with Gasteiger partial charge in [0.25, 0.3) is 0 Å². The molecule has 23 heavy (non-hydrogen) atoms. The molecule has 3 nitrogen and oxygen atoms in total. The van der Waals surface area contributed by atoms with Gasteiger partial charge in [-0.2, -0.15) is 5.10 Å². The van der Waals surface area contributed by atoms with Crippen LogP contribution in [0.15, 0.2) is 48.7 Å². The highest BCUT2D eigenvalue weighted by Gasteiger charge is 2.56. The standard InChI is InChI=1S/C20H21N3/c1-13-7-15-9-21-22-19(15)8-16(13)20-17-11-23(12-18(17)20)10-14-5-3-2-4-6-14/h2-9,17-18,20H,10-12H2,1H3,(H,21,22). The fourth-order valence-corrected chi connectivity index (χ4v) is 4.53. The molecule has 116 valence electrons. The van der Waals surface area contributed by atoms with Crippen LogP contribution in [0, 0.1) is 18.8 Å². The average Bonchev–Trinajstić information content (AvgIpc) is 2.91. The quantitative estimate of drug-likeness (QED) is 0.800. The molecule has 3 aromatic rings. The van der Waals surface area contributed by atoms with Gasteiger partial charge in [-0.25, -0.2) is 0 Å². The van der Waals surface area contributed by atoms with E-state index in [9.17, 15) is 0 Å². The number of nitrogens with one attached hydrogen (secondary N) is 1. The van der Waals surface area contributed by atoms with Crippen molar-refractivity contribution in [3.63, 3.8) is 0 Å². The molecule has 0 bridgehead atoms. The molecule has 2 aliphatic rings. The lowest BCUT2D eigenvalue weighted by atomic mass is 9.99. The van der Waals surface area contributed by atoms with Crippen molar-refractivity contribution < 1.29 is 0 Å². The van der Waals surface area contributed by atoms with Gasteiger partial charge in [0.1, 0.15) is 0 Å². The van der Waals surface area contributed by atoms with Crippen LogP contribution < -0.4 is 0 Å². The summed E-state index contributed by atoms with van der Waals surface area (Å²) >= 11 is 0. The number of aromatic amines is 1. The number of benzene rings is 2. The van der Waals surface area contributed by atoms with Crippen molar-refractivity contribution in [2.45, 2.75) is 19.4 Å². The van der Waals surface area contributed by atoms with E-state index in [0.29, 0.717) is 0 Å². The largest absolute Gasteiger partial charge is 0.298 e. The van der Waals surface area contributed by atoms with Crippen LogP contribution in [-0.2, 0) is 6.54 Å². The Morgan fingerprint density at radius 1 is 1.13 bits per heavy atom. The van der Waals surface area contributed by atoms with Gasteiger partial charge in [0.05, 0.1) is 11.7 Å². The summed E-state index contributed by atoms with van der Waals surface area (Å²) in [6.07, 6.45) is 1.92. The number of aryl methyl sites for hydroxylation is 1. The molecule has 2 unspecified atom stereocenters. The lowest BCUT2D eigenvalue weighted by molar-refractivity contribution is 0.290. The van der Waals surface area contributed by atoms with Crippen LogP contribution in [0.3, 0.4) is 0 Å². The van der Waals surface area contributed by atoms with Gasteiger partial charge in [-0.1, -0.05) is 30.3 Å². The van der Waals surface area contributed by atoms with E-state index in [1.54, 1.807) is 0 Å². The number of hydrogen-bond acceptors (Lipinski definition) is 2. The SMILES string of the molecule is Cc1cc2cn[nH]c2cc1C1C2CN(Cc3ccccc3)CC21. The van der Waals surface area contributed by atoms with Crippen molar-refractivity contribution in [1.82, 2.24) is 15.1 Å². The van der Waals surface area contributed by atoms with Crippen molar-refractivity contribution in [2.75, 3.05) is 13.1 Å². The second-order valence-corrected chi connectivity index (χ2v) is 7.20. The summed E-state index contributed by atoms with van der Waals surface area (Å²) in [6.45, 7) is 5.83. The summed E-state index contributed by atoms with van der Waals surface area (Å²) in [5.41, 5.74) is 5.57. The molecule has 1 aliphatic heterocycles. The van der Waals surface area contributed by atoms with Gasteiger partial charge in [0, 0.05) is 25.0 Å². The number of piperidine rings is 1. The molecule has 2 heterocycles. The zero-order valence-corrected chi connectivity index (χ0v) is 13.4. The predicted octanol–water partition coefficient (Wildman–Crippen LogP) is 3.72. The van der Waals surface area contributed by atoms with Gasteiger partial charge in [0.2, 0.25) is 0 Å². The Bertz CT molecular complexity index is 840. The first kappa shape index (κ1) is 13.3. The van der Waals surface area contributed by atoms with E-state index >= 15 is 0 Å². The number of likely N-dealkylation sites (tertiary alicyclic amines) is 1. The molecule has 1 N–H and O–H groups in total. The van der Waals surface area contributed by atoms with Crippen LogP contribution in [0.1, 0.15) is 22.6 Å². The maximum atomic E-state index is 4.16. The second kappa shape index (κ2) is 4.93. The van der Waals surface area contributed by atoms with Gasteiger partial charge in [0.15, 0.2) is 0 Å². The smallest absolute Gasteiger partial charge is 0.0653 e. The van der Waals surface area contributed by atoms with Crippen LogP contribution in [0.4, 0.5) is 0 Å². The Morgan fingerprint density at radius 2 is 1.91 bits per heavy atom. The Balaban J connectivity index is 1.32. The highest BCUT2D eigenvalue weighted by atomic mass is 15.2. The van der Waals surface area contributed by atoms with Crippen molar-refractivity contribution in [3.05, 3.63) is 65.4 Å². The average molecular weight is 303 g/mol. The Labute approximate surface area is 136 Å². The normalized spacial score (nSPS) is 26.6. The molecule has 0 spiro atoms. The third-order valence-electron chi connectivity index (χ3n) is 5.70. The van der Waals surface area contributed by atoms with Crippen LogP contribution >= 0.6 is 0 Å². The Morgan fingerprint density at radius 3 is 2.70 bits per heavy atom. The highest BCUT2D eigenvalue weighted by Crippen LogP contribution is 2.59. The van der Waals surface area contributed by atoms with Crippen LogP contribution in [0.2, 0.25) is 0 Å². The highest BCUT2D eigenvalue weighted by molar-refractivity contribution is 5.80. The van der Waals surface area contributed by atoms with E-state index in [2.05, 4.69) is 64.5 Å². The number of fused-ring (bicyclic) bond motifs is 2. The van der Waals surface area contributed by atoms with Crippen molar-refractivity contribution >= 4 is 10.9 Å². The molecule has 1 saturated carbocycles. The van der Waals surface area contributed by atoms with Gasteiger partial charge in [-0.15, -0.1) is 0 Å². The topological polar surface area (TPSA) is 31.9 Å². The number of hydrogen-bond donors (Lipinski definition) is 1. The maximum absolute atomic E-state index is 4.16. The summed E-state index contributed by atoms with van der Waals surface area (Å²) in [4.78, 5) is 2.62. The van der Waals surface area contributed by atoms with E-state index in [-0.39, 0.29) is 0 Å². The third kappa shape index (κ3) is 2.19. The summed E-state index contributed by atoms with van der Waals surface area (Å²) in [5.74, 6) is 2.45. The third-order valence-corrected chi connectivity index (χ3v) is 5.70. The molecular formula is C20H21N3. The first-order valence-electron chi connectivity index (χ1n) is 8.49. The summed E-state index contributed by atoms with van der Waals surface area (Å²) in [7, 11) is 0. The first-order chi connectivity index (χ1) is 11.3. The number of rotatable bonds is 3. The molecule has 3 heteroatoms. The van der Waals surface area contributed by atoms with Crippen molar-refractivity contribution in [2.24, 2.45) is 11.8 Å². The number of nitrogens with zero attached hydrogens (tertiary/aromatic N) is 2. The summed E-state index contributed by atoms with van der Waals surface area (Å²) in [6, 6.07) is 15.5. The minimum Gasteiger partial charge on any atom is -0.298 e. The van der Waals surface area contributed by atoms with E-state index in [1.165, 1.54) is 40.7 Å². The molecule has 0 radical (unpaired) electrons. The van der Waals surface area contributed by atoms with E-state index < -0.39 is 0 Å². The maximum Gasteiger partial charge on any atom is 0.0653 e. The fourth-order valence-electron chi connectivity index (χ4n) is 4.53. The molecule has 2 atom stereocenters. The van der Waals surface area contributed by atoms with Gasteiger partial charge >= 0.3 is 0 Å². The van der Waals surface area contributed by atoms with Gasteiger partial charge in [-0.3, -0.25) is 10.00 Å². The molecule has 1 aliphatic carbocycles. The number of H-pyrrole nitrogens is 1. The summed E-state index contributed by atoms with van der Waals surface area (Å²) in [5, 5.41) is 8.50. The fraction of sp³-hybridized carbons (Fsp3) is 0.350. The van der Waals surface area contributed by atoms with E-state index in [0.717, 1.165) is 24.3 Å². The monoisotopic (exact) mass is 303 g/mol. The zero-order valence-electron chi connectivity index (χ0n) is 13.4. The van der Waals surface area contributed by atoms with Crippen LogP contribution in [0.25, 0.3) is 10.9 Å². The second-order valence-electron chi connectivity index (χ2n) is 7.20. The van der Waals surface area contributed by atoms with Gasteiger partial charge in [-0.05, 0) is 53.5 Å². The van der Waals surface area contributed by atoms with Crippen molar-refractivity contribution in [3.8, 4) is 0 Å². The predicted molar refractivity (Wildman–Crippen MR) is 92.3 cm³/mol. The molecule has 0 amide bonds. The van der Waals surface area contributed by atoms with Crippen LogP contribution in [0.5, 0.6) is 0 Å². The van der Waals surface area contributed by atoms with Gasteiger partial charge < -0.3 is 0 Å². The lowest BCUT2D eigenvalue weighted by Gasteiger charge is -2.20. The Kier molecular flexibility index (Phi) is 2.86. The molecule has 1 saturated heterocycles. The zero-order chi connectivity index (χ0) is 15.4. The van der Waals surface area contributed by atoms with E-state index in [4.69, 9.17) is 0 Å². The molecular weight excluding hydrogens is 282 g/mol. The molecule has 5 rings (SSSR count). The molecule has 2 aromatic carbocycles. The molecule has 2 fully saturated rings.